The maximum atomic E-state index is 13.9. The second-order valence-corrected chi connectivity index (χ2v) is 6.74. The van der Waals surface area contributed by atoms with Crippen LogP contribution in [0.15, 0.2) is 35.2 Å². The van der Waals surface area contributed by atoms with Gasteiger partial charge in [0.1, 0.15) is 0 Å². The highest BCUT2D eigenvalue weighted by Crippen LogP contribution is 2.33. The summed E-state index contributed by atoms with van der Waals surface area (Å²) in [5, 5.41) is -0.172. The van der Waals surface area contributed by atoms with Crippen molar-refractivity contribution in [2.75, 3.05) is 18.9 Å². The molecule has 0 saturated heterocycles. The van der Waals surface area contributed by atoms with Crippen LogP contribution in [0.1, 0.15) is 5.56 Å². The molecular formula is C15H15ClFNO4S. The molecule has 0 atom stereocenters. The van der Waals surface area contributed by atoms with Gasteiger partial charge in [0.25, 0.3) is 10.0 Å². The van der Waals surface area contributed by atoms with Crippen molar-refractivity contribution in [2.45, 2.75) is 11.8 Å². The van der Waals surface area contributed by atoms with Gasteiger partial charge < -0.3 is 9.47 Å². The summed E-state index contributed by atoms with van der Waals surface area (Å²) >= 11 is 5.66. The van der Waals surface area contributed by atoms with Crippen molar-refractivity contribution in [3.05, 3.63) is 46.7 Å². The highest BCUT2D eigenvalue weighted by atomic mass is 35.5. The molecule has 2 aromatic rings. The van der Waals surface area contributed by atoms with Gasteiger partial charge in [0.05, 0.1) is 29.8 Å². The van der Waals surface area contributed by atoms with E-state index in [1.54, 1.807) is 6.92 Å². The third kappa shape index (κ3) is 3.51. The summed E-state index contributed by atoms with van der Waals surface area (Å²) in [5.41, 5.74) is 0.198. The molecule has 2 aromatic carbocycles. The average Bonchev–Trinajstić information content (AvgIpc) is 2.51. The van der Waals surface area contributed by atoms with Crippen LogP contribution < -0.4 is 14.2 Å². The van der Waals surface area contributed by atoms with E-state index in [4.69, 9.17) is 21.1 Å². The molecule has 1 N–H and O–H groups in total. The molecule has 0 aliphatic heterocycles. The summed E-state index contributed by atoms with van der Waals surface area (Å²) < 4.78 is 51.4. The van der Waals surface area contributed by atoms with Gasteiger partial charge in [0, 0.05) is 6.07 Å². The Morgan fingerprint density at radius 1 is 1.13 bits per heavy atom. The molecule has 0 amide bonds. The molecule has 0 aromatic heterocycles. The Kier molecular flexibility index (Phi) is 5.01. The van der Waals surface area contributed by atoms with Crippen LogP contribution in [0.25, 0.3) is 0 Å². The van der Waals surface area contributed by atoms with Gasteiger partial charge >= 0.3 is 0 Å². The molecule has 0 saturated carbocycles. The quantitative estimate of drug-likeness (QED) is 0.885. The van der Waals surface area contributed by atoms with Crippen molar-refractivity contribution in [1.82, 2.24) is 0 Å². The first-order valence-corrected chi connectivity index (χ1v) is 8.35. The third-order valence-electron chi connectivity index (χ3n) is 3.17. The van der Waals surface area contributed by atoms with E-state index in [0.717, 1.165) is 0 Å². The molecule has 0 bridgehead atoms. The van der Waals surface area contributed by atoms with Gasteiger partial charge in [-0.3, -0.25) is 4.72 Å². The number of rotatable bonds is 5. The minimum absolute atomic E-state index is 0.0467. The molecule has 0 fully saturated rings. The van der Waals surface area contributed by atoms with E-state index in [2.05, 4.69) is 4.72 Å². The fourth-order valence-electron chi connectivity index (χ4n) is 2.03. The van der Waals surface area contributed by atoms with Crippen LogP contribution in [0.2, 0.25) is 5.02 Å². The summed E-state index contributed by atoms with van der Waals surface area (Å²) in [6.07, 6.45) is 0. The molecule has 124 valence electrons. The van der Waals surface area contributed by atoms with Gasteiger partial charge in [-0.2, -0.15) is 0 Å². The predicted octanol–water partition coefficient (Wildman–Crippen LogP) is 3.61. The summed E-state index contributed by atoms with van der Waals surface area (Å²) in [5.74, 6) is -0.182. The Labute approximate surface area is 139 Å². The van der Waals surface area contributed by atoms with E-state index in [-0.39, 0.29) is 21.4 Å². The summed E-state index contributed by atoms with van der Waals surface area (Å²) in [4.78, 5) is -0.0467. The van der Waals surface area contributed by atoms with E-state index >= 15 is 0 Å². The molecule has 2 rings (SSSR count). The number of ether oxygens (including phenoxy) is 2. The number of hydrogen-bond donors (Lipinski definition) is 1. The molecule has 0 heterocycles. The van der Waals surface area contributed by atoms with Crippen LogP contribution in [-0.4, -0.2) is 22.6 Å². The van der Waals surface area contributed by atoms with Gasteiger partial charge in [-0.25, -0.2) is 12.8 Å². The zero-order chi connectivity index (χ0) is 17.2. The lowest BCUT2D eigenvalue weighted by atomic mass is 10.2. The normalized spacial score (nSPS) is 11.2. The smallest absolute Gasteiger partial charge is 0.262 e. The van der Waals surface area contributed by atoms with Crippen LogP contribution in [0.5, 0.6) is 11.5 Å². The van der Waals surface area contributed by atoms with Crippen LogP contribution in [-0.2, 0) is 10.0 Å². The van der Waals surface area contributed by atoms with Gasteiger partial charge in [-0.05, 0) is 30.7 Å². The molecular weight excluding hydrogens is 345 g/mol. The van der Waals surface area contributed by atoms with Gasteiger partial charge in [0.2, 0.25) is 0 Å². The average molecular weight is 360 g/mol. The van der Waals surface area contributed by atoms with Crippen molar-refractivity contribution in [2.24, 2.45) is 0 Å². The largest absolute Gasteiger partial charge is 0.493 e. The number of halogens is 2. The topological polar surface area (TPSA) is 64.6 Å². The first-order chi connectivity index (χ1) is 10.8. The standard InChI is InChI=1S/C15H15ClFNO4S/c1-9-7-12(21-2)13(22-3)8-14(9)23(19,20)18-11-6-4-5-10(16)15(11)17/h4-8,18H,1-3H3. The minimum atomic E-state index is -4.03. The fraction of sp³-hybridized carbons (Fsp3) is 0.200. The lowest BCUT2D eigenvalue weighted by molar-refractivity contribution is 0.353. The molecule has 0 aliphatic rings. The molecule has 0 unspecified atom stereocenters. The number of sulfonamides is 1. The summed E-state index contributed by atoms with van der Waals surface area (Å²) in [6, 6.07) is 6.91. The van der Waals surface area contributed by atoms with E-state index in [0.29, 0.717) is 11.3 Å². The number of aryl methyl sites for hydroxylation is 1. The summed E-state index contributed by atoms with van der Waals surface area (Å²) in [7, 11) is -1.18. The highest BCUT2D eigenvalue weighted by Gasteiger charge is 2.22. The second-order valence-electron chi connectivity index (χ2n) is 4.68. The van der Waals surface area contributed by atoms with Gasteiger partial charge in [-0.15, -0.1) is 0 Å². The summed E-state index contributed by atoms with van der Waals surface area (Å²) in [6.45, 7) is 1.60. The third-order valence-corrected chi connectivity index (χ3v) is 4.97. The first kappa shape index (κ1) is 17.4. The van der Waals surface area contributed by atoms with Crippen LogP contribution in [0.4, 0.5) is 10.1 Å². The first-order valence-electron chi connectivity index (χ1n) is 6.49. The van der Waals surface area contributed by atoms with Gasteiger partial charge in [-0.1, -0.05) is 17.7 Å². The van der Waals surface area contributed by atoms with Crippen molar-refractivity contribution in [3.63, 3.8) is 0 Å². The van der Waals surface area contributed by atoms with Gasteiger partial charge in [0.15, 0.2) is 17.3 Å². The van der Waals surface area contributed by atoms with Crippen molar-refractivity contribution in [1.29, 1.82) is 0 Å². The number of anilines is 1. The Balaban J connectivity index is 2.50. The number of hydrogen-bond acceptors (Lipinski definition) is 4. The zero-order valence-corrected chi connectivity index (χ0v) is 14.3. The Bertz CT molecular complexity index is 840. The molecule has 23 heavy (non-hydrogen) atoms. The van der Waals surface area contributed by atoms with Crippen molar-refractivity contribution < 1.29 is 22.3 Å². The maximum Gasteiger partial charge on any atom is 0.262 e. The fourth-order valence-corrected chi connectivity index (χ4v) is 3.51. The Morgan fingerprint density at radius 3 is 2.35 bits per heavy atom. The van der Waals surface area contributed by atoms with Crippen LogP contribution >= 0.6 is 11.6 Å². The predicted molar refractivity (Wildman–Crippen MR) is 86.5 cm³/mol. The van der Waals surface area contributed by atoms with Crippen LogP contribution in [0.3, 0.4) is 0 Å². The Hall–Kier alpha value is -1.99. The second kappa shape index (κ2) is 6.64. The lowest BCUT2D eigenvalue weighted by Crippen LogP contribution is -2.15. The monoisotopic (exact) mass is 359 g/mol. The molecule has 0 aliphatic carbocycles. The van der Waals surface area contributed by atoms with E-state index in [1.807, 2.05) is 0 Å². The zero-order valence-electron chi connectivity index (χ0n) is 12.7. The number of benzene rings is 2. The maximum absolute atomic E-state index is 13.9. The molecule has 8 heteroatoms. The minimum Gasteiger partial charge on any atom is -0.493 e. The SMILES string of the molecule is COc1cc(C)c(S(=O)(=O)Nc2cccc(Cl)c2F)cc1OC. The van der Waals surface area contributed by atoms with E-state index < -0.39 is 15.8 Å². The Morgan fingerprint density at radius 2 is 1.74 bits per heavy atom. The molecule has 5 nitrogen and oxygen atoms in total. The highest BCUT2D eigenvalue weighted by molar-refractivity contribution is 7.92. The van der Waals surface area contributed by atoms with Crippen molar-refractivity contribution in [3.8, 4) is 11.5 Å². The number of nitrogens with one attached hydrogen (secondary N) is 1. The lowest BCUT2D eigenvalue weighted by Gasteiger charge is -2.14. The molecule has 0 spiro atoms. The molecule has 0 radical (unpaired) electrons. The number of methoxy groups -OCH3 is 2. The van der Waals surface area contributed by atoms with Crippen LogP contribution in [0, 0.1) is 12.7 Å². The van der Waals surface area contributed by atoms with E-state index in [1.165, 1.54) is 44.6 Å². The van der Waals surface area contributed by atoms with Crippen molar-refractivity contribution >= 4 is 27.3 Å². The van der Waals surface area contributed by atoms with E-state index in [9.17, 15) is 12.8 Å².